The minimum absolute atomic E-state index is 0.138. The van der Waals surface area contributed by atoms with E-state index >= 15 is 0 Å². The Hall–Kier alpha value is -1.19. The van der Waals surface area contributed by atoms with Crippen LogP contribution in [-0.4, -0.2) is 12.6 Å². The summed E-state index contributed by atoms with van der Waals surface area (Å²) in [5, 5.41) is 0. The van der Waals surface area contributed by atoms with Gasteiger partial charge >= 0.3 is 6.18 Å². The first-order chi connectivity index (χ1) is 8.69. The molecule has 1 nitrogen and oxygen atoms in total. The third-order valence-electron chi connectivity index (χ3n) is 3.78. The van der Waals surface area contributed by atoms with Gasteiger partial charge in [0, 0.05) is 18.3 Å². The van der Waals surface area contributed by atoms with Crippen molar-refractivity contribution < 1.29 is 13.2 Å². The fourth-order valence-electron chi connectivity index (χ4n) is 2.82. The maximum atomic E-state index is 12.5. The Morgan fingerprint density at radius 2 is 1.63 bits per heavy atom. The second-order valence-electron chi connectivity index (χ2n) is 6.26. The van der Waals surface area contributed by atoms with Crippen LogP contribution in [0, 0.1) is 5.41 Å². The summed E-state index contributed by atoms with van der Waals surface area (Å²) in [6, 6.07) is 5.92. The van der Waals surface area contributed by atoms with Crippen LogP contribution in [-0.2, 0) is 6.18 Å². The van der Waals surface area contributed by atoms with Crippen molar-refractivity contribution in [2.45, 2.75) is 45.8 Å². The molecular formula is C15H20F3N. The highest BCUT2D eigenvalue weighted by atomic mass is 19.4. The molecule has 1 aliphatic rings. The molecule has 0 aromatic heterocycles. The molecule has 0 spiro atoms. The topological polar surface area (TPSA) is 3.24 Å². The van der Waals surface area contributed by atoms with Crippen LogP contribution >= 0.6 is 0 Å². The van der Waals surface area contributed by atoms with Gasteiger partial charge in [-0.3, -0.25) is 0 Å². The first-order valence-corrected chi connectivity index (χ1v) is 6.63. The minimum atomic E-state index is -4.26. The predicted molar refractivity (Wildman–Crippen MR) is 71.3 cm³/mol. The lowest BCUT2D eigenvalue weighted by Gasteiger charge is -2.36. The summed E-state index contributed by atoms with van der Waals surface area (Å²) in [6.45, 7) is 7.47. The van der Waals surface area contributed by atoms with Gasteiger partial charge < -0.3 is 4.90 Å². The zero-order valence-electron chi connectivity index (χ0n) is 11.6. The van der Waals surface area contributed by atoms with E-state index in [2.05, 4.69) is 25.7 Å². The molecule has 0 amide bonds. The van der Waals surface area contributed by atoms with Gasteiger partial charge in [-0.15, -0.1) is 0 Å². The van der Waals surface area contributed by atoms with Crippen LogP contribution in [0.5, 0.6) is 0 Å². The highest BCUT2D eigenvalue weighted by molar-refractivity contribution is 5.50. The SMILES string of the molecule is CC(C)(C)C1CCCN1c1ccc(C(F)(F)F)cc1. The number of alkyl halides is 3. The van der Waals surface area contributed by atoms with Crippen molar-refractivity contribution in [2.24, 2.45) is 5.41 Å². The molecule has 0 N–H and O–H groups in total. The molecule has 19 heavy (non-hydrogen) atoms. The van der Waals surface area contributed by atoms with Crippen molar-refractivity contribution in [1.29, 1.82) is 0 Å². The summed E-state index contributed by atoms with van der Waals surface area (Å²) in [5.41, 5.74) is 0.451. The minimum Gasteiger partial charge on any atom is -0.368 e. The van der Waals surface area contributed by atoms with Gasteiger partial charge in [0.1, 0.15) is 0 Å². The van der Waals surface area contributed by atoms with Crippen molar-refractivity contribution in [1.82, 2.24) is 0 Å². The maximum Gasteiger partial charge on any atom is 0.416 e. The average Bonchev–Trinajstić information content (AvgIpc) is 2.76. The van der Waals surface area contributed by atoms with Crippen molar-refractivity contribution in [3.8, 4) is 0 Å². The van der Waals surface area contributed by atoms with Gasteiger partial charge in [0.25, 0.3) is 0 Å². The van der Waals surface area contributed by atoms with Crippen LogP contribution in [0.25, 0.3) is 0 Å². The van der Waals surface area contributed by atoms with Crippen LogP contribution in [0.1, 0.15) is 39.2 Å². The van der Waals surface area contributed by atoms with Gasteiger partial charge in [-0.05, 0) is 42.5 Å². The zero-order chi connectivity index (χ0) is 14.3. The molecule has 1 saturated heterocycles. The number of anilines is 1. The Morgan fingerprint density at radius 1 is 1.05 bits per heavy atom. The molecule has 1 aromatic rings. The summed E-state index contributed by atoms with van der Waals surface area (Å²) in [5.74, 6) is 0. The smallest absolute Gasteiger partial charge is 0.368 e. The Labute approximate surface area is 112 Å². The molecule has 2 rings (SSSR count). The molecule has 0 bridgehead atoms. The monoisotopic (exact) mass is 271 g/mol. The van der Waals surface area contributed by atoms with Crippen molar-refractivity contribution in [3.63, 3.8) is 0 Å². The number of rotatable bonds is 1. The van der Waals surface area contributed by atoms with Gasteiger partial charge in [0.2, 0.25) is 0 Å². The Balaban J connectivity index is 2.23. The summed E-state index contributed by atoms with van der Waals surface area (Å²) < 4.78 is 37.6. The van der Waals surface area contributed by atoms with E-state index in [-0.39, 0.29) is 5.41 Å². The fourth-order valence-corrected chi connectivity index (χ4v) is 2.82. The van der Waals surface area contributed by atoms with Crippen LogP contribution in [0.3, 0.4) is 0 Å². The maximum absolute atomic E-state index is 12.5. The second-order valence-corrected chi connectivity index (χ2v) is 6.26. The lowest BCUT2D eigenvalue weighted by atomic mass is 9.85. The van der Waals surface area contributed by atoms with E-state index in [9.17, 15) is 13.2 Å². The predicted octanol–water partition coefficient (Wildman–Crippen LogP) is 4.72. The first-order valence-electron chi connectivity index (χ1n) is 6.63. The summed E-state index contributed by atoms with van der Waals surface area (Å²) in [4.78, 5) is 2.24. The Bertz CT molecular complexity index is 428. The Morgan fingerprint density at radius 3 is 2.11 bits per heavy atom. The van der Waals surface area contributed by atoms with E-state index in [0.717, 1.165) is 25.1 Å². The van der Waals surface area contributed by atoms with Gasteiger partial charge in [-0.2, -0.15) is 13.2 Å². The standard InChI is InChI=1S/C15H20F3N/c1-14(2,3)13-5-4-10-19(13)12-8-6-11(7-9-12)15(16,17)18/h6-9,13H,4-5,10H2,1-3H3. The highest BCUT2D eigenvalue weighted by Gasteiger charge is 2.35. The number of nitrogens with zero attached hydrogens (tertiary/aromatic N) is 1. The summed E-state index contributed by atoms with van der Waals surface area (Å²) >= 11 is 0. The van der Waals surface area contributed by atoms with Crippen molar-refractivity contribution in [2.75, 3.05) is 11.4 Å². The van der Waals surface area contributed by atoms with Crippen LogP contribution in [0.4, 0.5) is 18.9 Å². The molecule has 0 saturated carbocycles. The number of hydrogen-bond donors (Lipinski definition) is 0. The molecular weight excluding hydrogens is 251 g/mol. The molecule has 1 atom stereocenters. The second kappa shape index (κ2) is 4.73. The van der Waals surface area contributed by atoms with Gasteiger partial charge in [-0.25, -0.2) is 0 Å². The van der Waals surface area contributed by atoms with E-state index in [4.69, 9.17) is 0 Å². The molecule has 4 heteroatoms. The van der Waals surface area contributed by atoms with E-state index in [1.807, 2.05) is 0 Å². The largest absolute Gasteiger partial charge is 0.416 e. The first kappa shape index (κ1) is 14.2. The van der Waals surface area contributed by atoms with Crippen LogP contribution in [0.15, 0.2) is 24.3 Å². The lowest BCUT2D eigenvalue weighted by molar-refractivity contribution is -0.137. The van der Waals surface area contributed by atoms with Gasteiger partial charge in [0.15, 0.2) is 0 Å². The van der Waals surface area contributed by atoms with Crippen LogP contribution in [0.2, 0.25) is 0 Å². The molecule has 1 unspecified atom stereocenters. The Kier molecular flexibility index (Phi) is 3.54. The summed E-state index contributed by atoms with van der Waals surface area (Å²) in [6.07, 6.45) is -2.06. The van der Waals surface area contributed by atoms with Crippen molar-refractivity contribution in [3.05, 3.63) is 29.8 Å². The number of hydrogen-bond acceptors (Lipinski definition) is 1. The highest BCUT2D eigenvalue weighted by Crippen LogP contribution is 2.37. The van der Waals surface area contributed by atoms with E-state index < -0.39 is 11.7 Å². The number of halogens is 3. The van der Waals surface area contributed by atoms with E-state index in [1.54, 1.807) is 12.1 Å². The fraction of sp³-hybridized carbons (Fsp3) is 0.600. The van der Waals surface area contributed by atoms with Gasteiger partial charge in [-0.1, -0.05) is 20.8 Å². The lowest BCUT2D eigenvalue weighted by Crippen LogP contribution is -2.39. The quantitative estimate of drug-likeness (QED) is 0.714. The van der Waals surface area contributed by atoms with Crippen molar-refractivity contribution >= 4 is 5.69 Å². The molecule has 1 aromatic carbocycles. The molecule has 1 fully saturated rings. The van der Waals surface area contributed by atoms with E-state index in [0.29, 0.717) is 6.04 Å². The summed E-state index contributed by atoms with van der Waals surface area (Å²) in [7, 11) is 0. The average molecular weight is 271 g/mol. The molecule has 1 aliphatic heterocycles. The molecule has 0 aliphatic carbocycles. The van der Waals surface area contributed by atoms with Gasteiger partial charge in [0.05, 0.1) is 5.56 Å². The number of benzene rings is 1. The molecule has 106 valence electrons. The zero-order valence-corrected chi connectivity index (χ0v) is 11.6. The molecule has 1 heterocycles. The molecule has 0 radical (unpaired) electrons. The normalized spacial score (nSPS) is 20.9. The van der Waals surface area contributed by atoms with Crippen LogP contribution < -0.4 is 4.90 Å². The third kappa shape index (κ3) is 3.04. The third-order valence-corrected chi connectivity index (χ3v) is 3.78. The van der Waals surface area contributed by atoms with E-state index in [1.165, 1.54) is 12.1 Å².